The highest BCUT2D eigenvalue weighted by Gasteiger charge is 2.44. The van der Waals surface area contributed by atoms with Crippen LogP contribution in [0, 0.1) is 0 Å². The number of nitrogens with one attached hydrogen (secondary N) is 2. The van der Waals surface area contributed by atoms with Gasteiger partial charge in [0.05, 0.1) is 0 Å². The molecule has 0 amide bonds. The van der Waals surface area contributed by atoms with Gasteiger partial charge in [-0.25, -0.2) is 0 Å². The molecule has 0 saturated carbocycles. The Bertz CT molecular complexity index is 203. The van der Waals surface area contributed by atoms with Crippen LogP contribution in [0.2, 0.25) is 0 Å². The Morgan fingerprint density at radius 3 is 2.43 bits per heavy atom. The SMILES string of the molecule is C1CN(CC23CCC(CC2)N3)CCN1. The number of nitrogens with zero attached hydrogens (tertiary/aromatic N) is 1. The van der Waals surface area contributed by atoms with Crippen molar-refractivity contribution in [2.45, 2.75) is 37.3 Å². The fourth-order valence-corrected chi connectivity index (χ4v) is 3.39. The van der Waals surface area contributed by atoms with E-state index in [9.17, 15) is 0 Å². The summed E-state index contributed by atoms with van der Waals surface area (Å²) in [5.41, 5.74) is 0.516. The van der Waals surface area contributed by atoms with Crippen LogP contribution in [0.3, 0.4) is 0 Å². The smallest absolute Gasteiger partial charge is 0.0312 e. The molecule has 3 aliphatic heterocycles. The van der Waals surface area contributed by atoms with Gasteiger partial charge in [-0.05, 0) is 25.7 Å². The van der Waals surface area contributed by atoms with Crippen LogP contribution in [0.1, 0.15) is 25.7 Å². The van der Waals surface area contributed by atoms with Crippen LogP contribution in [0.5, 0.6) is 0 Å². The average Bonchev–Trinajstić information content (AvgIpc) is 2.78. The number of fused-ring (bicyclic) bond motifs is 2. The van der Waals surface area contributed by atoms with E-state index in [-0.39, 0.29) is 0 Å². The normalized spacial score (nSPS) is 43.3. The minimum atomic E-state index is 0.516. The third-order valence-electron chi connectivity index (χ3n) is 4.19. The molecule has 80 valence electrons. The molecule has 3 heterocycles. The second kappa shape index (κ2) is 3.47. The fraction of sp³-hybridized carbons (Fsp3) is 1.00. The molecular weight excluding hydrogens is 174 g/mol. The molecule has 0 aromatic carbocycles. The molecule has 0 unspecified atom stereocenters. The lowest BCUT2D eigenvalue weighted by atomic mass is 9.87. The van der Waals surface area contributed by atoms with Crippen molar-refractivity contribution in [2.75, 3.05) is 32.7 Å². The lowest BCUT2D eigenvalue weighted by molar-refractivity contribution is 0.177. The minimum absolute atomic E-state index is 0.516. The predicted molar refractivity (Wildman–Crippen MR) is 57.4 cm³/mol. The Morgan fingerprint density at radius 2 is 1.86 bits per heavy atom. The monoisotopic (exact) mass is 195 g/mol. The van der Waals surface area contributed by atoms with Gasteiger partial charge in [0.25, 0.3) is 0 Å². The molecule has 0 spiro atoms. The summed E-state index contributed by atoms with van der Waals surface area (Å²) in [6.07, 6.45) is 5.68. The molecule has 0 aliphatic carbocycles. The molecule has 14 heavy (non-hydrogen) atoms. The van der Waals surface area contributed by atoms with E-state index in [1.807, 2.05) is 0 Å². The Balaban J connectivity index is 1.60. The van der Waals surface area contributed by atoms with Crippen LogP contribution in [-0.2, 0) is 0 Å². The van der Waals surface area contributed by atoms with Crippen molar-refractivity contribution < 1.29 is 0 Å². The molecule has 0 aromatic heterocycles. The van der Waals surface area contributed by atoms with Crippen molar-refractivity contribution in [3.05, 3.63) is 0 Å². The van der Waals surface area contributed by atoms with Crippen molar-refractivity contribution in [1.82, 2.24) is 15.5 Å². The maximum absolute atomic E-state index is 3.83. The first-order valence-corrected chi connectivity index (χ1v) is 6.07. The molecule has 0 radical (unpaired) electrons. The van der Waals surface area contributed by atoms with E-state index in [0.717, 1.165) is 6.04 Å². The van der Waals surface area contributed by atoms with Gasteiger partial charge in [0.15, 0.2) is 0 Å². The molecule has 3 aliphatic rings. The summed E-state index contributed by atoms with van der Waals surface area (Å²) in [6.45, 7) is 6.15. The number of piperazine rings is 1. The Kier molecular flexibility index (Phi) is 2.26. The minimum Gasteiger partial charge on any atom is -0.314 e. The average molecular weight is 195 g/mol. The number of hydrogen-bond acceptors (Lipinski definition) is 3. The first-order valence-electron chi connectivity index (χ1n) is 6.07. The second-order valence-corrected chi connectivity index (χ2v) is 5.23. The van der Waals surface area contributed by atoms with Crippen LogP contribution in [0.4, 0.5) is 0 Å². The zero-order valence-corrected chi connectivity index (χ0v) is 8.89. The summed E-state index contributed by atoms with van der Waals surface area (Å²) in [5.74, 6) is 0. The lowest BCUT2D eigenvalue weighted by Gasteiger charge is -2.36. The van der Waals surface area contributed by atoms with Crippen molar-refractivity contribution in [3.63, 3.8) is 0 Å². The highest BCUT2D eigenvalue weighted by molar-refractivity contribution is 5.06. The van der Waals surface area contributed by atoms with Crippen LogP contribution < -0.4 is 10.6 Å². The van der Waals surface area contributed by atoms with E-state index in [1.54, 1.807) is 0 Å². The van der Waals surface area contributed by atoms with Gasteiger partial charge < -0.3 is 10.6 Å². The molecule has 2 N–H and O–H groups in total. The summed E-state index contributed by atoms with van der Waals surface area (Å²) in [4.78, 5) is 2.64. The van der Waals surface area contributed by atoms with E-state index in [2.05, 4.69) is 15.5 Å². The molecule has 3 saturated heterocycles. The molecular formula is C11H21N3. The highest BCUT2D eigenvalue weighted by Crippen LogP contribution is 2.37. The Morgan fingerprint density at radius 1 is 1.14 bits per heavy atom. The van der Waals surface area contributed by atoms with Crippen molar-refractivity contribution in [2.24, 2.45) is 0 Å². The van der Waals surface area contributed by atoms with Crippen molar-refractivity contribution in [1.29, 1.82) is 0 Å². The third kappa shape index (κ3) is 1.58. The Hall–Kier alpha value is -0.120. The first-order chi connectivity index (χ1) is 6.86. The highest BCUT2D eigenvalue weighted by atomic mass is 15.2. The fourth-order valence-electron chi connectivity index (χ4n) is 3.39. The molecule has 3 rings (SSSR count). The number of hydrogen-bond donors (Lipinski definition) is 2. The second-order valence-electron chi connectivity index (χ2n) is 5.23. The lowest BCUT2D eigenvalue weighted by Crippen LogP contribution is -2.53. The summed E-state index contributed by atoms with van der Waals surface area (Å²) >= 11 is 0. The van der Waals surface area contributed by atoms with Gasteiger partial charge in [-0.15, -0.1) is 0 Å². The van der Waals surface area contributed by atoms with Gasteiger partial charge in [0, 0.05) is 44.3 Å². The zero-order valence-electron chi connectivity index (χ0n) is 8.89. The molecule has 3 heteroatoms. The summed E-state index contributed by atoms with van der Waals surface area (Å²) in [7, 11) is 0. The predicted octanol–water partition coefficient (Wildman–Crippen LogP) is 0.176. The maximum Gasteiger partial charge on any atom is 0.0312 e. The van der Waals surface area contributed by atoms with E-state index in [0.29, 0.717) is 5.54 Å². The Labute approximate surface area is 86.2 Å². The molecule has 3 nitrogen and oxygen atoms in total. The van der Waals surface area contributed by atoms with Crippen molar-refractivity contribution in [3.8, 4) is 0 Å². The third-order valence-corrected chi connectivity index (χ3v) is 4.19. The van der Waals surface area contributed by atoms with E-state index >= 15 is 0 Å². The topological polar surface area (TPSA) is 27.3 Å². The quantitative estimate of drug-likeness (QED) is 0.658. The van der Waals surface area contributed by atoms with Gasteiger partial charge in [0.2, 0.25) is 0 Å². The van der Waals surface area contributed by atoms with E-state index < -0.39 is 0 Å². The standard InChI is InChI=1S/C11H21N3/c1-3-11(4-2-10(1)13-11)9-14-7-5-12-6-8-14/h10,12-13H,1-9H2. The summed E-state index contributed by atoms with van der Waals surface area (Å²) in [6, 6.07) is 0.859. The summed E-state index contributed by atoms with van der Waals surface area (Å²) < 4.78 is 0. The molecule has 0 aromatic rings. The zero-order chi connectivity index (χ0) is 9.43. The van der Waals surface area contributed by atoms with Crippen LogP contribution in [-0.4, -0.2) is 49.2 Å². The van der Waals surface area contributed by atoms with Gasteiger partial charge in [0.1, 0.15) is 0 Å². The van der Waals surface area contributed by atoms with Crippen LogP contribution >= 0.6 is 0 Å². The van der Waals surface area contributed by atoms with Gasteiger partial charge in [-0.1, -0.05) is 0 Å². The van der Waals surface area contributed by atoms with Crippen LogP contribution in [0.15, 0.2) is 0 Å². The first kappa shape index (κ1) is 9.13. The van der Waals surface area contributed by atoms with E-state index in [4.69, 9.17) is 0 Å². The maximum atomic E-state index is 3.83. The molecule has 3 fully saturated rings. The summed E-state index contributed by atoms with van der Waals surface area (Å²) in [5, 5.41) is 7.25. The van der Waals surface area contributed by atoms with Crippen LogP contribution in [0.25, 0.3) is 0 Å². The number of rotatable bonds is 2. The molecule has 2 bridgehead atoms. The van der Waals surface area contributed by atoms with Crippen molar-refractivity contribution >= 4 is 0 Å². The molecule has 0 atom stereocenters. The van der Waals surface area contributed by atoms with Gasteiger partial charge in [-0.2, -0.15) is 0 Å². The van der Waals surface area contributed by atoms with Gasteiger partial charge in [-0.3, -0.25) is 4.90 Å². The van der Waals surface area contributed by atoms with E-state index in [1.165, 1.54) is 58.4 Å². The largest absolute Gasteiger partial charge is 0.314 e. The van der Waals surface area contributed by atoms with Gasteiger partial charge >= 0.3 is 0 Å².